The molecule has 0 unspecified atom stereocenters. The summed E-state index contributed by atoms with van der Waals surface area (Å²) in [5.41, 5.74) is 1.64. The Bertz CT molecular complexity index is 358. The Morgan fingerprint density at radius 1 is 1.31 bits per heavy atom. The maximum atomic E-state index is 11.6. The predicted molar refractivity (Wildman–Crippen MR) is 62.9 cm³/mol. The van der Waals surface area contributed by atoms with Gasteiger partial charge in [0, 0.05) is 0 Å². The van der Waals surface area contributed by atoms with E-state index in [9.17, 15) is 4.79 Å². The molecule has 0 aliphatic carbocycles. The minimum Gasteiger partial charge on any atom is -0.493 e. The Balaban J connectivity index is 3.05. The van der Waals surface area contributed by atoms with Crippen LogP contribution >= 0.6 is 0 Å². The molecule has 16 heavy (non-hydrogen) atoms. The van der Waals surface area contributed by atoms with Gasteiger partial charge in [0.2, 0.25) is 0 Å². The van der Waals surface area contributed by atoms with Gasteiger partial charge < -0.3 is 9.47 Å². The highest BCUT2D eigenvalue weighted by atomic mass is 16.5. The predicted octanol–water partition coefficient (Wildman–Crippen LogP) is 2.82. The molecule has 0 amide bonds. The lowest BCUT2D eigenvalue weighted by Gasteiger charge is -2.10. The van der Waals surface area contributed by atoms with E-state index in [-0.39, 0.29) is 5.97 Å². The number of hydrogen-bond acceptors (Lipinski definition) is 3. The first kappa shape index (κ1) is 12.6. The van der Waals surface area contributed by atoms with Gasteiger partial charge >= 0.3 is 5.97 Å². The van der Waals surface area contributed by atoms with E-state index in [2.05, 4.69) is 6.92 Å². The molecule has 0 aliphatic heterocycles. The van der Waals surface area contributed by atoms with Gasteiger partial charge in [-0.3, -0.25) is 0 Å². The lowest BCUT2D eigenvalue weighted by atomic mass is 10.1. The zero-order valence-corrected chi connectivity index (χ0v) is 10.1. The van der Waals surface area contributed by atoms with Gasteiger partial charge in [0.25, 0.3) is 0 Å². The van der Waals surface area contributed by atoms with Crippen molar-refractivity contribution in [3.05, 3.63) is 29.3 Å². The Morgan fingerprint density at radius 2 is 2.06 bits per heavy atom. The van der Waals surface area contributed by atoms with Crippen LogP contribution in [0.3, 0.4) is 0 Å². The number of hydrogen-bond donors (Lipinski definition) is 0. The fourth-order valence-corrected chi connectivity index (χ4v) is 1.57. The van der Waals surface area contributed by atoms with Crippen LogP contribution in [0.25, 0.3) is 0 Å². The van der Waals surface area contributed by atoms with E-state index < -0.39 is 0 Å². The van der Waals surface area contributed by atoms with Crippen molar-refractivity contribution < 1.29 is 14.3 Å². The highest BCUT2D eigenvalue weighted by Gasteiger charge is 2.13. The quantitative estimate of drug-likeness (QED) is 0.719. The third-order valence-electron chi connectivity index (χ3n) is 2.29. The van der Waals surface area contributed by atoms with E-state index in [0.29, 0.717) is 17.9 Å². The van der Waals surface area contributed by atoms with Crippen LogP contribution in [-0.4, -0.2) is 19.7 Å². The summed E-state index contributed by atoms with van der Waals surface area (Å²) in [6.45, 7) is 4.53. The second-order valence-corrected chi connectivity index (χ2v) is 3.51. The van der Waals surface area contributed by atoms with Crippen molar-refractivity contribution >= 4 is 5.97 Å². The fraction of sp³-hybridized carbons (Fsp3) is 0.462. The van der Waals surface area contributed by atoms with E-state index >= 15 is 0 Å². The summed E-state index contributed by atoms with van der Waals surface area (Å²) in [4.78, 5) is 11.6. The molecule has 1 aromatic carbocycles. The fourth-order valence-electron chi connectivity index (χ4n) is 1.57. The van der Waals surface area contributed by atoms with E-state index in [1.165, 1.54) is 7.11 Å². The maximum Gasteiger partial charge on any atom is 0.341 e. The molecule has 0 bridgehead atoms. The van der Waals surface area contributed by atoms with Gasteiger partial charge in [0.05, 0.1) is 13.7 Å². The van der Waals surface area contributed by atoms with E-state index in [1.54, 1.807) is 0 Å². The number of carbonyl (C=O) groups is 1. The average Bonchev–Trinajstić information content (AvgIpc) is 2.31. The van der Waals surface area contributed by atoms with Crippen molar-refractivity contribution in [3.63, 3.8) is 0 Å². The average molecular weight is 222 g/mol. The molecule has 0 spiro atoms. The molecule has 0 fully saturated rings. The second-order valence-electron chi connectivity index (χ2n) is 3.51. The number of rotatable bonds is 5. The molecular formula is C13H18O3. The van der Waals surface area contributed by atoms with Crippen LogP contribution in [-0.2, 0) is 11.2 Å². The van der Waals surface area contributed by atoms with Gasteiger partial charge in [-0.25, -0.2) is 4.79 Å². The summed E-state index contributed by atoms with van der Waals surface area (Å²) >= 11 is 0. The topological polar surface area (TPSA) is 35.5 Å². The first-order valence-electron chi connectivity index (χ1n) is 5.57. The molecule has 0 radical (unpaired) electrons. The second kappa shape index (κ2) is 6.16. The third-order valence-corrected chi connectivity index (χ3v) is 2.29. The third kappa shape index (κ3) is 2.99. The van der Waals surface area contributed by atoms with Crippen molar-refractivity contribution in [2.75, 3.05) is 13.7 Å². The van der Waals surface area contributed by atoms with Crippen molar-refractivity contribution in [1.29, 1.82) is 0 Å². The zero-order chi connectivity index (χ0) is 12.0. The normalized spacial score (nSPS) is 9.94. The highest BCUT2D eigenvalue weighted by molar-refractivity contribution is 5.92. The summed E-state index contributed by atoms with van der Waals surface area (Å²) in [7, 11) is 1.38. The van der Waals surface area contributed by atoms with Crippen LogP contribution in [0.1, 0.15) is 36.2 Å². The lowest BCUT2D eigenvalue weighted by Crippen LogP contribution is -2.06. The molecule has 0 aromatic heterocycles. The van der Waals surface area contributed by atoms with E-state index in [4.69, 9.17) is 9.47 Å². The summed E-state index contributed by atoms with van der Waals surface area (Å²) in [6, 6.07) is 5.67. The molecule has 0 heterocycles. The van der Waals surface area contributed by atoms with Crippen molar-refractivity contribution in [2.45, 2.75) is 26.7 Å². The molecule has 0 saturated carbocycles. The van der Waals surface area contributed by atoms with E-state index in [0.717, 1.165) is 18.4 Å². The van der Waals surface area contributed by atoms with Crippen molar-refractivity contribution in [1.82, 2.24) is 0 Å². The molecule has 0 saturated heterocycles. The lowest BCUT2D eigenvalue weighted by molar-refractivity contribution is 0.0596. The highest BCUT2D eigenvalue weighted by Crippen LogP contribution is 2.21. The standard InChI is InChI=1S/C13H18O3/c1-4-6-10-7-8-12(16-5-2)11(9-10)13(14)15-3/h7-9H,4-6H2,1-3H3. The van der Waals surface area contributed by atoms with Gasteiger partial charge in [-0.15, -0.1) is 0 Å². The van der Waals surface area contributed by atoms with E-state index in [1.807, 2.05) is 25.1 Å². The molecule has 0 N–H and O–H groups in total. The summed E-state index contributed by atoms with van der Waals surface area (Å²) in [6.07, 6.45) is 2.00. The van der Waals surface area contributed by atoms with Crippen LogP contribution < -0.4 is 4.74 Å². The van der Waals surface area contributed by atoms with Crippen molar-refractivity contribution in [3.8, 4) is 5.75 Å². The Labute approximate surface area is 96.4 Å². The summed E-state index contributed by atoms with van der Waals surface area (Å²) in [5, 5.41) is 0. The van der Waals surface area contributed by atoms with Crippen LogP contribution in [0, 0.1) is 0 Å². The molecule has 0 atom stereocenters. The number of methoxy groups -OCH3 is 1. The largest absolute Gasteiger partial charge is 0.493 e. The van der Waals surface area contributed by atoms with Crippen molar-refractivity contribution in [2.24, 2.45) is 0 Å². The monoisotopic (exact) mass is 222 g/mol. The minimum absolute atomic E-state index is 0.346. The summed E-state index contributed by atoms with van der Waals surface area (Å²) < 4.78 is 10.1. The number of ether oxygens (including phenoxy) is 2. The Morgan fingerprint density at radius 3 is 2.62 bits per heavy atom. The molecular weight excluding hydrogens is 204 g/mol. The van der Waals surface area contributed by atoms with Crippen LogP contribution in [0.5, 0.6) is 5.75 Å². The maximum absolute atomic E-state index is 11.6. The minimum atomic E-state index is -0.346. The number of benzene rings is 1. The molecule has 3 heteroatoms. The first-order valence-corrected chi connectivity index (χ1v) is 5.57. The Hall–Kier alpha value is -1.51. The molecule has 88 valence electrons. The van der Waals surface area contributed by atoms with Gasteiger partial charge in [0.15, 0.2) is 0 Å². The van der Waals surface area contributed by atoms with Crippen LogP contribution in [0.15, 0.2) is 18.2 Å². The van der Waals surface area contributed by atoms with Crippen LogP contribution in [0.2, 0.25) is 0 Å². The van der Waals surface area contributed by atoms with Gasteiger partial charge in [0.1, 0.15) is 11.3 Å². The zero-order valence-electron chi connectivity index (χ0n) is 10.1. The number of esters is 1. The van der Waals surface area contributed by atoms with Gasteiger partial charge in [-0.1, -0.05) is 19.4 Å². The van der Waals surface area contributed by atoms with Gasteiger partial charge in [-0.2, -0.15) is 0 Å². The van der Waals surface area contributed by atoms with Crippen LogP contribution in [0.4, 0.5) is 0 Å². The number of aryl methyl sites for hydroxylation is 1. The molecule has 1 aromatic rings. The molecule has 0 aliphatic rings. The number of carbonyl (C=O) groups excluding carboxylic acids is 1. The summed E-state index contributed by atoms with van der Waals surface area (Å²) in [5.74, 6) is 0.246. The first-order chi connectivity index (χ1) is 7.72. The smallest absolute Gasteiger partial charge is 0.341 e. The molecule has 3 nitrogen and oxygen atoms in total. The van der Waals surface area contributed by atoms with Gasteiger partial charge in [-0.05, 0) is 31.0 Å². The Kier molecular flexibility index (Phi) is 4.83. The molecule has 1 rings (SSSR count). The SMILES string of the molecule is CCCc1ccc(OCC)c(C(=O)OC)c1.